The molecule has 1 aliphatic carbocycles. The molecule has 0 saturated heterocycles. The van der Waals surface area contributed by atoms with Crippen LogP contribution in [0.25, 0.3) is 20.9 Å². The Morgan fingerprint density at radius 1 is 1.27 bits per heavy atom. The number of thiazole rings is 1. The van der Waals surface area contributed by atoms with E-state index in [1.807, 2.05) is 42.5 Å². The summed E-state index contributed by atoms with van der Waals surface area (Å²) >= 11 is 1.35. The molecule has 1 aromatic carbocycles. The SMILES string of the molecule is CC1C=C(n2c(=O)nc3sc4ccccc4n3c2=O)C=CC1. The third-order valence-corrected chi connectivity index (χ3v) is 4.80. The number of rotatable bonds is 1. The molecule has 0 saturated carbocycles. The molecule has 3 aromatic rings. The van der Waals surface area contributed by atoms with E-state index in [1.165, 1.54) is 15.7 Å². The Balaban J connectivity index is 2.12. The molecule has 22 heavy (non-hydrogen) atoms. The van der Waals surface area contributed by atoms with Crippen molar-refractivity contribution >= 4 is 32.2 Å². The molecule has 0 N–H and O–H groups in total. The number of nitrogens with zero attached hydrogens (tertiary/aromatic N) is 3. The fraction of sp³-hybridized carbons (Fsp3) is 0.188. The maximum atomic E-state index is 12.8. The van der Waals surface area contributed by atoms with Crippen molar-refractivity contribution in [2.75, 3.05) is 0 Å². The smallest absolute Gasteiger partial charge is 0.247 e. The van der Waals surface area contributed by atoms with E-state index in [2.05, 4.69) is 11.9 Å². The summed E-state index contributed by atoms with van der Waals surface area (Å²) in [4.78, 5) is 29.7. The summed E-state index contributed by atoms with van der Waals surface area (Å²) < 4.78 is 3.60. The first-order valence-electron chi connectivity index (χ1n) is 7.07. The van der Waals surface area contributed by atoms with Crippen LogP contribution in [0.5, 0.6) is 0 Å². The van der Waals surface area contributed by atoms with Gasteiger partial charge in [0.05, 0.1) is 15.9 Å². The molecule has 110 valence electrons. The quantitative estimate of drug-likeness (QED) is 0.694. The van der Waals surface area contributed by atoms with Crippen molar-refractivity contribution in [3.63, 3.8) is 0 Å². The second kappa shape index (κ2) is 4.78. The van der Waals surface area contributed by atoms with Crippen molar-refractivity contribution < 1.29 is 0 Å². The van der Waals surface area contributed by atoms with E-state index in [0.717, 1.165) is 21.2 Å². The first-order valence-corrected chi connectivity index (χ1v) is 7.89. The summed E-state index contributed by atoms with van der Waals surface area (Å²) in [6, 6.07) is 7.57. The Kier molecular flexibility index (Phi) is 2.87. The molecule has 2 aromatic heterocycles. The molecule has 5 nitrogen and oxygen atoms in total. The number of benzene rings is 1. The van der Waals surface area contributed by atoms with Crippen molar-refractivity contribution in [1.29, 1.82) is 0 Å². The summed E-state index contributed by atoms with van der Waals surface area (Å²) in [5.41, 5.74) is 0.493. The second-order valence-corrected chi connectivity index (χ2v) is 6.42. The summed E-state index contributed by atoms with van der Waals surface area (Å²) in [5, 5.41) is 0. The van der Waals surface area contributed by atoms with Crippen molar-refractivity contribution in [3.05, 3.63) is 63.5 Å². The molecule has 0 spiro atoms. The molecule has 0 amide bonds. The zero-order chi connectivity index (χ0) is 15.3. The van der Waals surface area contributed by atoms with Gasteiger partial charge in [-0.25, -0.2) is 18.6 Å². The third-order valence-electron chi connectivity index (χ3n) is 3.77. The van der Waals surface area contributed by atoms with E-state index in [4.69, 9.17) is 0 Å². The van der Waals surface area contributed by atoms with Crippen LogP contribution in [0.3, 0.4) is 0 Å². The van der Waals surface area contributed by atoms with Gasteiger partial charge in [-0.1, -0.05) is 42.5 Å². The summed E-state index contributed by atoms with van der Waals surface area (Å²) in [6.07, 6.45) is 6.64. The van der Waals surface area contributed by atoms with Gasteiger partial charge in [-0.3, -0.25) is 0 Å². The van der Waals surface area contributed by atoms with Gasteiger partial charge in [0.2, 0.25) is 4.96 Å². The minimum Gasteiger partial charge on any atom is -0.247 e. The molecule has 4 rings (SSSR count). The van der Waals surface area contributed by atoms with Crippen LogP contribution in [0.15, 0.2) is 52.1 Å². The monoisotopic (exact) mass is 311 g/mol. The number of hydrogen-bond donors (Lipinski definition) is 0. The molecule has 1 atom stereocenters. The average Bonchev–Trinajstić information content (AvgIpc) is 2.85. The second-order valence-electron chi connectivity index (χ2n) is 5.41. The molecule has 1 unspecified atom stereocenters. The van der Waals surface area contributed by atoms with Gasteiger partial charge in [0.1, 0.15) is 0 Å². The lowest BCUT2D eigenvalue weighted by molar-refractivity contribution is 0.723. The fourth-order valence-corrected chi connectivity index (χ4v) is 3.73. The average molecular weight is 311 g/mol. The first-order chi connectivity index (χ1) is 10.6. The van der Waals surface area contributed by atoms with Crippen molar-refractivity contribution in [3.8, 4) is 0 Å². The Bertz CT molecular complexity index is 1070. The van der Waals surface area contributed by atoms with Crippen LogP contribution in [0.2, 0.25) is 0 Å². The van der Waals surface area contributed by atoms with E-state index in [1.54, 1.807) is 0 Å². The van der Waals surface area contributed by atoms with Crippen LogP contribution in [0, 0.1) is 5.92 Å². The zero-order valence-electron chi connectivity index (χ0n) is 11.9. The predicted molar refractivity (Wildman–Crippen MR) is 88.3 cm³/mol. The van der Waals surface area contributed by atoms with Crippen LogP contribution in [0.1, 0.15) is 13.3 Å². The highest BCUT2D eigenvalue weighted by Gasteiger charge is 2.16. The van der Waals surface area contributed by atoms with Gasteiger partial charge >= 0.3 is 11.4 Å². The molecular formula is C16H13N3O2S. The number of aromatic nitrogens is 3. The van der Waals surface area contributed by atoms with Crippen LogP contribution in [-0.4, -0.2) is 14.0 Å². The Hall–Kier alpha value is -2.47. The van der Waals surface area contributed by atoms with Crippen molar-refractivity contribution in [2.45, 2.75) is 13.3 Å². The molecular weight excluding hydrogens is 298 g/mol. The van der Waals surface area contributed by atoms with E-state index >= 15 is 0 Å². The zero-order valence-corrected chi connectivity index (χ0v) is 12.7. The molecule has 0 fully saturated rings. The summed E-state index contributed by atoms with van der Waals surface area (Å²) in [6.45, 7) is 2.05. The predicted octanol–water partition coefficient (Wildman–Crippen LogP) is 2.51. The van der Waals surface area contributed by atoms with Crippen molar-refractivity contribution in [2.24, 2.45) is 5.92 Å². The first kappa shape index (κ1) is 13.2. The number of para-hydroxylation sites is 1. The lowest BCUT2D eigenvalue weighted by Crippen LogP contribution is -2.38. The third kappa shape index (κ3) is 1.88. The maximum Gasteiger partial charge on any atom is 0.359 e. The Labute approximate surface area is 129 Å². The lowest BCUT2D eigenvalue weighted by atomic mass is 10.0. The number of hydrogen-bond acceptors (Lipinski definition) is 4. The van der Waals surface area contributed by atoms with Crippen LogP contribution < -0.4 is 11.4 Å². The number of allylic oxidation sites excluding steroid dienone is 4. The van der Waals surface area contributed by atoms with Crippen molar-refractivity contribution in [1.82, 2.24) is 14.0 Å². The molecule has 2 heterocycles. The topological polar surface area (TPSA) is 56.4 Å². The highest BCUT2D eigenvalue weighted by Crippen LogP contribution is 2.23. The minimum atomic E-state index is -0.526. The van der Waals surface area contributed by atoms with E-state index in [9.17, 15) is 9.59 Å². The van der Waals surface area contributed by atoms with Gasteiger partial charge in [0.25, 0.3) is 0 Å². The molecule has 1 aliphatic rings. The fourth-order valence-electron chi connectivity index (χ4n) is 2.74. The van der Waals surface area contributed by atoms with Gasteiger partial charge in [-0.15, -0.1) is 0 Å². The standard InChI is InChI=1S/C16H13N3O2S/c1-10-5-4-6-11(9-10)18-14(20)17-15-19(16(18)21)12-7-2-3-8-13(12)22-15/h2-4,6-10H,5H2,1H3. The van der Waals surface area contributed by atoms with Crippen LogP contribution in [0.4, 0.5) is 0 Å². The number of fused-ring (bicyclic) bond motifs is 3. The Morgan fingerprint density at radius 2 is 2.09 bits per heavy atom. The lowest BCUT2D eigenvalue weighted by Gasteiger charge is -2.13. The molecule has 0 bridgehead atoms. The van der Waals surface area contributed by atoms with E-state index in [-0.39, 0.29) is 5.69 Å². The van der Waals surface area contributed by atoms with Gasteiger partial charge < -0.3 is 0 Å². The van der Waals surface area contributed by atoms with E-state index < -0.39 is 5.69 Å². The molecule has 0 aliphatic heterocycles. The Morgan fingerprint density at radius 3 is 2.91 bits per heavy atom. The van der Waals surface area contributed by atoms with E-state index in [0.29, 0.717) is 16.6 Å². The highest BCUT2D eigenvalue weighted by molar-refractivity contribution is 7.23. The maximum absolute atomic E-state index is 12.8. The largest absolute Gasteiger partial charge is 0.359 e. The normalized spacial score (nSPS) is 18.0. The van der Waals surface area contributed by atoms with Gasteiger partial charge in [0, 0.05) is 0 Å². The summed E-state index contributed by atoms with van der Waals surface area (Å²) in [7, 11) is 0. The van der Waals surface area contributed by atoms with Crippen LogP contribution in [-0.2, 0) is 0 Å². The summed E-state index contributed by atoms with van der Waals surface area (Å²) in [5.74, 6) is 0.297. The molecule has 6 heteroatoms. The highest BCUT2D eigenvalue weighted by atomic mass is 32.1. The van der Waals surface area contributed by atoms with Crippen LogP contribution >= 0.6 is 11.3 Å². The van der Waals surface area contributed by atoms with Gasteiger partial charge in [-0.2, -0.15) is 4.98 Å². The molecule has 0 radical (unpaired) electrons. The minimum absolute atomic E-state index is 0.297. The van der Waals surface area contributed by atoms with Gasteiger partial charge in [-0.05, 0) is 30.5 Å². The van der Waals surface area contributed by atoms with Gasteiger partial charge in [0.15, 0.2) is 0 Å².